The number of benzene rings is 4. The Morgan fingerprint density at radius 2 is 1.40 bits per heavy atom. The van der Waals surface area contributed by atoms with Gasteiger partial charge in [-0.25, -0.2) is 5.01 Å². The topological polar surface area (TPSA) is 49.4 Å². The van der Waals surface area contributed by atoms with Gasteiger partial charge in [-0.15, -0.1) is 0 Å². The highest BCUT2D eigenvalue weighted by Crippen LogP contribution is 2.45. The monoisotopic (exact) mass is 496 g/mol. The van der Waals surface area contributed by atoms with Gasteiger partial charge in [-0.05, 0) is 52.6 Å². The number of thioether (sulfide) groups is 1. The lowest BCUT2D eigenvalue weighted by atomic mass is 10.0. The molecule has 1 aliphatic heterocycles. The molecule has 1 heterocycles. The molecule has 0 bridgehead atoms. The van der Waals surface area contributed by atoms with Crippen LogP contribution < -0.4 is 5.43 Å². The molecule has 0 saturated carbocycles. The predicted molar refractivity (Wildman–Crippen MR) is 142 cm³/mol. The van der Waals surface area contributed by atoms with Crippen molar-refractivity contribution in [3.63, 3.8) is 0 Å². The molecule has 4 nitrogen and oxygen atoms in total. The highest BCUT2D eigenvalue weighted by atomic mass is 35.5. The number of rotatable bonds is 5. The summed E-state index contributed by atoms with van der Waals surface area (Å²) in [7, 11) is 0. The largest absolute Gasteiger partial charge is 0.280 e. The molecule has 6 heteroatoms. The molecule has 1 aliphatic rings. The predicted octanol–water partition coefficient (Wildman–Crippen LogP) is 6.97. The molecule has 1 N–H and O–H groups in total. The van der Waals surface area contributed by atoms with Crippen molar-refractivity contribution in [3.05, 3.63) is 136 Å². The third-order valence-corrected chi connectivity index (χ3v) is 7.14. The molecule has 172 valence electrons. The fourth-order valence-electron chi connectivity index (χ4n) is 3.82. The second kappa shape index (κ2) is 10.2. The third kappa shape index (κ3) is 5.16. The van der Waals surface area contributed by atoms with Crippen molar-refractivity contribution >= 4 is 41.3 Å². The zero-order valence-corrected chi connectivity index (χ0v) is 20.2. The number of nitrogens with one attached hydrogen (secondary N) is 1. The quantitative estimate of drug-likeness (QED) is 0.303. The average molecular weight is 497 g/mol. The summed E-state index contributed by atoms with van der Waals surface area (Å²) in [6.45, 7) is 0. The molecule has 1 unspecified atom stereocenters. The molecule has 0 aliphatic carbocycles. The summed E-state index contributed by atoms with van der Waals surface area (Å²) < 4.78 is 0. The van der Waals surface area contributed by atoms with Gasteiger partial charge in [-0.2, -0.15) is 0 Å². The van der Waals surface area contributed by atoms with E-state index in [0.29, 0.717) is 15.5 Å². The van der Waals surface area contributed by atoms with Gasteiger partial charge < -0.3 is 0 Å². The van der Waals surface area contributed by atoms with E-state index in [-0.39, 0.29) is 17.2 Å². The fourth-order valence-corrected chi connectivity index (χ4v) is 5.13. The summed E-state index contributed by atoms with van der Waals surface area (Å²) in [6.07, 6.45) is 1.82. The zero-order valence-electron chi connectivity index (χ0n) is 18.6. The van der Waals surface area contributed by atoms with Gasteiger partial charge in [0.15, 0.2) is 0 Å². The van der Waals surface area contributed by atoms with E-state index in [1.165, 1.54) is 16.8 Å². The maximum Gasteiger partial charge on any atom is 0.280 e. The molecule has 1 atom stereocenters. The van der Waals surface area contributed by atoms with Crippen molar-refractivity contribution in [2.24, 2.45) is 0 Å². The van der Waals surface area contributed by atoms with Crippen LogP contribution in [-0.2, 0) is 4.79 Å². The number of amides is 2. The Kier molecular flexibility index (Phi) is 6.70. The minimum absolute atomic E-state index is 0.256. The van der Waals surface area contributed by atoms with Gasteiger partial charge >= 0.3 is 0 Å². The number of hydrogen-bond donors (Lipinski definition) is 1. The molecule has 1 saturated heterocycles. The van der Waals surface area contributed by atoms with Crippen LogP contribution in [0.4, 0.5) is 0 Å². The van der Waals surface area contributed by atoms with Crippen LogP contribution in [-0.4, -0.2) is 16.8 Å². The van der Waals surface area contributed by atoms with Crippen molar-refractivity contribution in [2.75, 3.05) is 0 Å². The summed E-state index contributed by atoms with van der Waals surface area (Å²) in [5.41, 5.74) is 7.19. The SMILES string of the molecule is O=C(NN1C(=O)/C(=C/c2ccc(Cl)cc2)SC1c1ccccc1)c1ccc(-c2ccccc2)cc1. The van der Waals surface area contributed by atoms with Gasteiger partial charge in [-0.3, -0.25) is 15.0 Å². The highest BCUT2D eigenvalue weighted by Gasteiger charge is 2.38. The van der Waals surface area contributed by atoms with Crippen LogP contribution >= 0.6 is 23.4 Å². The number of hydrogen-bond acceptors (Lipinski definition) is 3. The average Bonchev–Trinajstić information content (AvgIpc) is 3.21. The first-order valence-corrected chi connectivity index (χ1v) is 12.3. The molecule has 0 spiro atoms. The van der Waals surface area contributed by atoms with Gasteiger partial charge in [-0.1, -0.05) is 108 Å². The molecular weight excluding hydrogens is 476 g/mol. The number of carbonyl (C=O) groups excluding carboxylic acids is 2. The van der Waals surface area contributed by atoms with Gasteiger partial charge in [0.25, 0.3) is 11.8 Å². The number of halogens is 1. The first-order valence-electron chi connectivity index (χ1n) is 11.1. The van der Waals surface area contributed by atoms with Crippen molar-refractivity contribution in [1.82, 2.24) is 10.4 Å². The standard InChI is InChI=1S/C29H21ClN2O2S/c30-25-17-11-20(12-18-25)19-26-28(34)32(29(35-26)24-9-5-2-6-10-24)31-27(33)23-15-13-22(14-16-23)21-7-3-1-4-8-21/h1-19,29H,(H,31,33)/b26-19-. The third-order valence-electron chi connectivity index (χ3n) is 5.63. The Balaban J connectivity index is 1.40. The van der Waals surface area contributed by atoms with E-state index in [4.69, 9.17) is 11.6 Å². The van der Waals surface area contributed by atoms with Crippen molar-refractivity contribution in [2.45, 2.75) is 5.37 Å². The van der Waals surface area contributed by atoms with Gasteiger partial charge in [0.2, 0.25) is 0 Å². The molecular formula is C29H21ClN2O2S. The minimum atomic E-state index is -0.380. The van der Waals surface area contributed by atoms with Crippen LogP contribution in [0, 0.1) is 0 Å². The van der Waals surface area contributed by atoms with Gasteiger partial charge in [0.1, 0.15) is 5.37 Å². The Bertz CT molecular complexity index is 1370. The Labute approximate surface area is 213 Å². The van der Waals surface area contributed by atoms with E-state index in [1.54, 1.807) is 24.3 Å². The fraction of sp³-hybridized carbons (Fsp3) is 0.0345. The maximum atomic E-state index is 13.4. The first-order chi connectivity index (χ1) is 17.1. The van der Waals surface area contributed by atoms with E-state index < -0.39 is 0 Å². The van der Waals surface area contributed by atoms with E-state index in [0.717, 1.165) is 22.3 Å². The molecule has 4 aromatic rings. The number of nitrogens with zero attached hydrogens (tertiary/aromatic N) is 1. The molecule has 35 heavy (non-hydrogen) atoms. The van der Waals surface area contributed by atoms with Crippen LogP contribution in [0.1, 0.15) is 26.9 Å². The van der Waals surface area contributed by atoms with Gasteiger partial charge in [0.05, 0.1) is 4.91 Å². The molecule has 0 aromatic heterocycles. The van der Waals surface area contributed by atoms with E-state index in [9.17, 15) is 9.59 Å². The molecule has 1 fully saturated rings. The maximum absolute atomic E-state index is 13.4. The first kappa shape index (κ1) is 23.0. The van der Waals surface area contributed by atoms with Crippen LogP contribution in [0.3, 0.4) is 0 Å². The summed E-state index contributed by atoms with van der Waals surface area (Å²) in [4.78, 5) is 27.0. The Morgan fingerprint density at radius 1 is 0.800 bits per heavy atom. The van der Waals surface area contributed by atoms with Crippen molar-refractivity contribution in [3.8, 4) is 11.1 Å². The lowest BCUT2D eigenvalue weighted by Crippen LogP contribution is -2.44. The number of hydrazine groups is 1. The van der Waals surface area contributed by atoms with Crippen LogP contribution in [0.5, 0.6) is 0 Å². The van der Waals surface area contributed by atoms with E-state index in [2.05, 4.69) is 5.43 Å². The van der Waals surface area contributed by atoms with Crippen LogP contribution in [0.2, 0.25) is 5.02 Å². The lowest BCUT2D eigenvalue weighted by molar-refractivity contribution is -0.128. The number of carbonyl (C=O) groups is 2. The normalized spacial score (nSPS) is 16.5. The Morgan fingerprint density at radius 3 is 2.06 bits per heavy atom. The molecule has 2 amide bonds. The second-order valence-corrected chi connectivity index (χ2v) is 9.56. The van der Waals surface area contributed by atoms with E-state index in [1.807, 2.05) is 91.0 Å². The summed E-state index contributed by atoms with van der Waals surface area (Å²) >= 11 is 7.40. The second-order valence-electron chi connectivity index (χ2n) is 8.00. The molecule has 4 aromatic carbocycles. The summed E-state index contributed by atoms with van der Waals surface area (Å²) in [6, 6.07) is 34.3. The lowest BCUT2D eigenvalue weighted by Gasteiger charge is -2.24. The minimum Gasteiger partial charge on any atom is -0.267 e. The molecule has 0 radical (unpaired) electrons. The Hall–Kier alpha value is -3.80. The zero-order chi connectivity index (χ0) is 24.2. The van der Waals surface area contributed by atoms with Crippen LogP contribution in [0.25, 0.3) is 17.2 Å². The van der Waals surface area contributed by atoms with Crippen molar-refractivity contribution < 1.29 is 9.59 Å². The van der Waals surface area contributed by atoms with Crippen molar-refractivity contribution in [1.29, 1.82) is 0 Å². The van der Waals surface area contributed by atoms with E-state index >= 15 is 0 Å². The summed E-state index contributed by atoms with van der Waals surface area (Å²) in [5, 5.41) is 1.66. The van der Waals surface area contributed by atoms with Gasteiger partial charge in [0, 0.05) is 10.6 Å². The summed E-state index contributed by atoms with van der Waals surface area (Å²) in [5.74, 6) is -0.597. The highest BCUT2D eigenvalue weighted by molar-refractivity contribution is 8.04. The smallest absolute Gasteiger partial charge is 0.267 e. The molecule has 5 rings (SSSR count). The van der Waals surface area contributed by atoms with Crippen LogP contribution in [0.15, 0.2) is 114 Å².